The first-order chi connectivity index (χ1) is 45.5. The number of hydrogen-bond acceptors (Lipinski definition) is 5. The van der Waals surface area contributed by atoms with Gasteiger partial charge < -0.3 is 20.3 Å². The van der Waals surface area contributed by atoms with Crippen molar-refractivity contribution >= 4 is 11.9 Å². The second kappa shape index (κ2) is 81.8. The Labute approximate surface area is 577 Å². The predicted molar refractivity (Wildman–Crippen MR) is 407 cm³/mol. The van der Waals surface area contributed by atoms with Crippen LogP contribution < -0.4 is 5.32 Å². The van der Waals surface area contributed by atoms with Gasteiger partial charge in [-0.1, -0.05) is 443 Å². The number of ether oxygens (including phenoxy) is 1. The Kier molecular flexibility index (Phi) is 80.3. The van der Waals surface area contributed by atoms with Gasteiger partial charge in [-0.15, -0.1) is 0 Å². The number of unbranched alkanes of at least 4 members (excludes halogenated alkanes) is 66. The van der Waals surface area contributed by atoms with E-state index in [9.17, 15) is 19.8 Å². The van der Waals surface area contributed by atoms with Gasteiger partial charge in [0.05, 0.1) is 25.4 Å². The molecule has 0 saturated heterocycles. The number of aliphatic hydroxyl groups is 2. The summed E-state index contributed by atoms with van der Waals surface area (Å²) in [7, 11) is 0. The number of carbonyl (C=O) groups excluding carboxylic acids is 2. The minimum absolute atomic E-state index is 0.0209. The van der Waals surface area contributed by atoms with Crippen LogP contribution in [0.2, 0.25) is 0 Å². The third-order valence-electron chi connectivity index (χ3n) is 20.3. The minimum atomic E-state index is -0.664. The molecule has 0 aliphatic carbocycles. The van der Waals surface area contributed by atoms with Crippen LogP contribution in [-0.2, 0) is 14.3 Å². The van der Waals surface area contributed by atoms with E-state index in [1.54, 1.807) is 0 Å². The van der Waals surface area contributed by atoms with Crippen molar-refractivity contribution in [2.24, 2.45) is 0 Å². The van der Waals surface area contributed by atoms with E-state index in [4.69, 9.17) is 4.74 Å². The SMILES string of the molecule is CCCCCCCCCCCCCCCCCCCCCCCCCCCC(O)C(CO)NC(=O)CCCCCCCCCCCCCCCCCCC/C=C\C/C=C\CCCCCCCCCCCCCOC(=O)CCCCCCCCCCCCCCCCC. The van der Waals surface area contributed by atoms with Gasteiger partial charge in [-0.2, -0.15) is 0 Å². The summed E-state index contributed by atoms with van der Waals surface area (Å²) in [6, 6.07) is -0.541. The van der Waals surface area contributed by atoms with Gasteiger partial charge in [0.15, 0.2) is 0 Å². The normalized spacial score (nSPS) is 12.5. The molecule has 6 heteroatoms. The van der Waals surface area contributed by atoms with Crippen LogP contribution in [0.1, 0.15) is 489 Å². The van der Waals surface area contributed by atoms with E-state index >= 15 is 0 Å². The summed E-state index contributed by atoms with van der Waals surface area (Å²) in [5, 5.41) is 23.5. The molecular formula is C86H167NO5. The summed E-state index contributed by atoms with van der Waals surface area (Å²) >= 11 is 0. The Morgan fingerprint density at radius 1 is 0.304 bits per heavy atom. The Bertz CT molecular complexity index is 1450. The molecule has 0 spiro atoms. The standard InChI is InChI=1S/C86H167NO5/c1-3-5-7-9-11-13-15-17-19-20-21-22-23-35-38-41-44-47-51-54-58-62-66-70-74-78-84(89)83(82-88)87-85(90)79-75-71-67-63-59-55-52-48-45-42-39-36-33-31-29-27-25-24-26-28-30-32-34-37-40-43-46-49-53-57-61-65-69-73-77-81-92-86(91)80-76-72-68-64-60-56-50-18-16-14-12-10-8-6-4-2/h26,28,32,34,83-84,88-89H,3-25,27,29-31,33,35-82H2,1-2H3,(H,87,90)/b28-26-,34-32-. The number of allylic oxidation sites excluding steroid dienone is 4. The van der Waals surface area contributed by atoms with E-state index in [1.165, 1.54) is 411 Å². The summed E-state index contributed by atoms with van der Waals surface area (Å²) in [6.07, 6.45) is 106. The van der Waals surface area contributed by atoms with E-state index in [0.29, 0.717) is 25.9 Å². The van der Waals surface area contributed by atoms with Crippen LogP contribution in [0.3, 0.4) is 0 Å². The average Bonchev–Trinajstić information content (AvgIpc) is 3.59. The summed E-state index contributed by atoms with van der Waals surface area (Å²) in [5.74, 6) is -0.00539. The Balaban J connectivity index is 3.36. The van der Waals surface area contributed by atoms with Crippen LogP contribution in [0.5, 0.6) is 0 Å². The molecule has 3 N–H and O–H groups in total. The van der Waals surface area contributed by atoms with Gasteiger partial charge in [0.25, 0.3) is 0 Å². The van der Waals surface area contributed by atoms with Crippen LogP contribution in [0.4, 0.5) is 0 Å². The molecule has 0 aliphatic rings. The Morgan fingerprint density at radius 2 is 0.543 bits per heavy atom. The summed E-state index contributed by atoms with van der Waals surface area (Å²) in [5.41, 5.74) is 0. The number of hydrogen-bond donors (Lipinski definition) is 3. The fourth-order valence-corrected chi connectivity index (χ4v) is 13.8. The van der Waals surface area contributed by atoms with Gasteiger partial charge in [0.2, 0.25) is 5.91 Å². The van der Waals surface area contributed by atoms with Crippen LogP contribution in [0.15, 0.2) is 24.3 Å². The lowest BCUT2D eigenvalue weighted by atomic mass is 10.0. The van der Waals surface area contributed by atoms with Gasteiger partial charge in [-0.3, -0.25) is 9.59 Å². The zero-order valence-corrected chi connectivity index (χ0v) is 62.8. The topological polar surface area (TPSA) is 95.9 Å². The Morgan fingerprint density at radius 3 is 0.826 bits per heavy atom. The lowest BCUT2D eigenvalue weighted by Crippen LogP contribution is -2.45. The molecule has 0 saturated carbocycles. The molecule has 0 radical (unpaired) electrons. The molecule has 92 heavy (non-hydrogen) atoms. The molecule has 0 bridgehead atoms. The number of esters is 1. The van der Waals surface area contributed by atoms with Gasteiger partial charge in [0, 0.05) is 12.8 Å². The monoisotopic (exact) mass is 1290 g/mol. The first-order valence-corrected chi connectivity index (χ1v) is 42.6. The molecule has 0 aromatic heterocycles. The van der Waals surface area contributed by atoms with E-state index in [-0.39, 0.29) is 18.5 Å². The second-order valence-corrected chi connectivity index (χ2v) is 29.5. The van der Waals surface area contributed by atoms with Crippen molar-refractivity contribution in [3.8, 4) is 0 Å². The molecule has 2 atom stereocenters. The van der Waals surface area contributed by atoms with Crippen molar-refractivity contribution in [1.29, 1.82) is 0 Å². The molecule has 0 heterocycles. The molecule has 0 aromatic rings. The number of rotatable bonds is 81. The van der Waals surface area contributed by atoms with Gasteiger partial charge >= 0.3 is 5.97 Å². The molecule has 0 rings (SSSR count). The highest BCUT2D eigenvalue weighted by Gasteiger charge is 2.20. The largest absolute Gasteiger partial charge is 0.466 e. The van der Waals surface area contributed by atoms with Gasteiger partial charge in [-0.05, 0) is 57.8 Å². The number of nitrogens with one attached hydrogen (secondary N) is 1. The maximum atomic E-state index is 12.6. The van der Waals surface area contributed by atoms with Gasteiger partial charge in [0.1, 0.15) is 0 Å². The average molecular weight is 1300 g/mol. The lowest BCUT2D eigenvalue weighted by molar-refractivity contribution is -0.143. The quantitative estimate of drug-likeness (QED) is 0.0320. The van der Waals surface area contributed by atoms with Crippen molar-refractivity contribution in [2.75, 3.05) is 13.2 Å². The van der Waals surface area contributed by atoms with Crippen molar-refractivity contribution in [3.63, 3.8) is 0 Å². The zero-order chi connectivity index (χ0) is 66.3. The summed E-state index contributed by atoms with van der Waals surface area (Å²) in [6.45, 7) is 5.02. The van der Waals surface area contributed by atoms with Crippen molar-refractivity contribution in [1.82, 2.24) is 5.32 Å². The first kappa shape index (κ1) is 90.3. The second-order valence-electron chi connectivity index (χ2n) is 29.5. The van der Waals surface area contributed by atoms with Gasteiger partial charge in [-0.25, -0.2) is 0 Å². The highest BCUT2D eigenvalue weighted by atomic mass is 16.5. The first-order valence-electron chi connectivity index (χ1n) is 42.6. The van der Waals surface area contributed by atoms with Crippen molar-refractivity contribution in [3.05, 3.63) is 24.3 Å². The summed E-state index contributed by atoms with van der Waals surface area (Å²) < 4.78 is 5.50. The van der Waals surface area contributed by atoms with Crippen molar-refractivity contribution < 1.29 is 24.5 Å². The number of aliphatic hydroxyl groups excluding tert-OH is 2. The number of amides is 1. The highest BCUT2D eigenvalue weighted by molar-refractivity contribution is 5.76. The lowest BCUT2D eigenvalue weighted by Gasteiger charge is -2.22. The summed E-state index contributed by atoms with van der Waals surface area (Å²) in [4.78, 5) is 24.7. The Hall–Kier alpha value is -1.66. The predicted octanol–water partition coefficient (Wildman–Crippen LogP) is 28.4. The molecule has 546 valence electrons. The minimum Gasteiger partial charge on any atom is -0.466 e. The van der Waals surface area contributed by atoms with Crippen LogP contribution in [0.25, 0.3) is 0 Å². The molecule has 0 aliphatic heterocycles. The van der Waals surface area contributed by atoms with Crippen LogP contribution >= 0.6 is 0 Å². The van der Waals surface area contributed by atoms with Crippen LogP contribution in [0, 0.1) is 0 Å². The molecule has 6 nitrogen and oxygen atoms in total. The fourth-order valence-electron chi connectivity index (χ4n) is 13.8. The fraction of sp³-hybridized carbons (Fsp3) is 0.930. The highest BCUT2D eigenvalue weighted by Crippen LogP contribution is 2.21. The van der Waals surface area contributed by atoms with E-state index < -0.39 is 12.1 Å². The van der Waals surface area contributed by atoms with E-state index in [2.05, 4.69) is 43.5 Å². The molecule has 0 aromatic carbocycles. The molecule has 2 unspecified atom stereocenters. The third kappa shape index (κ3) is 77.3. The smallest absolute Gasteiger partial charge is 0.305 e. The molecule has 1 amide bonds. The number of carbonyl (C=O) groups is 2. The molecular weight excluding hydrogens is 1130 g/mol. The maximum absolute atomic E-state index is 12.6. The van der Waals surface area contributed by atoms with Crippen molar-refractivity contribution in [2.45, 2.75) is 501 Å². The maximum Gasteiger partial charge on any atom is 0.305 e. The molecule has 0 fully saturated rings. The zero-order valence-electron chi connectivity index (χ0n) is 62.8. The third-order valence-corrected chi connectivity index (χ3v) is 20.3. The van der Waals surface area contributed by atoms with E-state index in [0.717, 1.165) is 44.9 Å². The van der Waals surface area contributed by atoms with Crippen LogP contribution in [-0.4, -0.2) is 47.4 Å². The van der Waals surface area contributed by atoms with E-state index in [1.807, 2.05) is 0 Å².